The number of ketones is 1. The van der Waals surface area contributed by atoms with Gasteiger partial charge in [0, 0.05) is 13.1 Å². The van der Waals surface area contributed by atoms with Crippen molar-refractivity contribution in [3.63, 3.8) is 0 Å². The highest BCUT2D eigenvalue weighted by Gasteiger charge is 2.52. The molecule has 2 rings (SSSR count). The molecule has 16 heavy (non-hydrogen) atoms. The van der Waals surface area contributed by atoms with Crippen molar-refractivity contribution in [2.24, 2.45) is 0 Å². The molecule has 1 saturated heterocycles. The van der Waals surface area contributed by atoms with Crippen LogP contribution < -0.4 is 5.32 Å². The number of hydrogen-bond donors (Lipinski definition) is 1. The number of carbonyl (C=O) groups excluding carboxylic acids is 1. The molecule has 0 radical (unpaired) electrons. The minimum atomic E-state index is -3.79. The van der Waals surface area contributed by atoms with Crippen molar-refractivity contribution >= 4 is 17.1 Å². The fraction of sp³-hybridized carbons (Fsp3) is 0.444. The number of thiophene rings is 1. The van der Waals surface area contributed by atoms with Crippen LogP contribution in [-0.4, -0.2) is 36.1 Å². The van der Waals surface area contributed by atoms with E-state index in [0.717, 1.165) is 11.3 Å². The first-order valence-electron chi connectivity index (χ1n) is 4.66. The first-order chi connectivity index (χ1) is 7.53. The van der Waals surface area contributed by atoms with E-state index in [1.54, 1.807) is 11.4 Å². The molecule has 3 nitrogen and oxygen atoms in total. The maximum absolute atomic E-state index is 13.4. The Labute approximate surface area is 93.8 Å². The zero-order chi connectivity index (χ0) is 11.8. The number of hydrogen-bond acceptors (Lipinski definition) is 4. The summed E-state index contributed by atoms with van der Waals surface area (Å²) in [5, 5.41) is 3.38. The third kappa shape index (κ3) is 1.85. The Hall–Kier alpha value is -0.920. The maximum atomic E-state index is 13.4. The summed E-state index contributed by atoms with van der Waals surface area (Å²) in [6.45, 7) is -0.408. The predicted molar refractivity (Wildman–Crippen MR) is 53.2 cm³/mol. The summed E-state index contributed by atoms with van der Waals surface area (Å²) in [5.74, 6) is -0.776. The van der Waals surface area contributed by atoms with Crippen molar-refractivity contribution in [1.29, 1.82) is 0 Å². The molecule has 0 saturated carbocycles. The van der Waals surface area contributed by atoms with Crippen molar-refractivity contribution in [2.75, 3.05) is 13.1 Å². The Morgan fingerprint density at radius 2 is 2.38 bits per heavy atom. The first-order valence-corrected chi connectivity index (χ1v) is 5.54. The summed E-state index contributed by atoms with van der Waals surface area (Å²) < 4.78 is 39.7. The van der Waals surface area contributed by atoms with Gasteiger partial charge in [-0.2, -0.15) is 8.78 Å². The molecule has 0 spiro atoms. The third-order valence-electron chi connectivity index (χ3n) is 2.35. The molecule has 1 unspecified atom stereocenters. The Morgan fingerprint density at radius 1 is 1.62 bits per heavy atom. The summed E-state index contributed by atoms with van der Waals surface area (Å²) in [6, 6.07) is -2.57. The molecule has 7 heteroatoms. The largest absolute Gasteiger partial charge is 0.352 e. The average Bonchev–Trinajstić information content (AvgIpc) is 2.74. The number of alkyl halides is 2. The second-order valence-corrected chi connectivity index (χ2v) is 4.35. The molecule has 1 aliphatic heterocycles. The van der Waals surface area contributed by atoms with E-state index in [4.69, 9.17) is 0 Å². The average molecular weight is 250 g/mol. The minimum Gasteiger partial charge on any atom is -0.299 e. The van der Waals surface area contributed by atoms with Crippen LogP contribution in [0.5, 0.6) is 0 Å². The normalized spacial score (nSPS) is 25.6. The molecule has 1 aromatic rings. The minimum absolute atomic E-state index is 0.0217. The number of halogens is 3. The highest BCUT2D eigenvalue weighted by atomic mass is 32.1. The van der Waals surface area contributed by atoms with E-state index in [0.29, 0.717) is 0 Å². The lowest BCUT2D eigenvalue weighted by Crippen LogP contribution is -2.62. The van der Waals surface area contributed by atoms with E-state index >= 15 is 0 Å². The summed E-state index contributed by atoms with van der Waals surface area (Å²) in [6.07, 6.45) is 0. The van der Waals surface area contributed by atoms with E-state index in [-0.39, 0.29) is 11.4 Å². The smallest absolute Gasteiger partial charge is 0.299 e. The van der Waals surface area contributed by atoms with Gasteiger partial charge in [0.1, 0.15) is 0 Å². The maximum Gasteiger partial charge on any atom is 0.352 e. The van der Waals surface area contributed by atoms with Crippen molar-refractivity contribution in [3.8, 4) is 0 Å². The molecule has 0 amide bonds. The van der Waals surface area contributed by atoms with Crippen LogP contribution in [0, 0.1) is 0 Å². The monoisotopic (exact) mass is 250 g/mol. The van der Waals surface area contributed by atoms with E-state index < -0.39 is 29.5 Å². The van der Waals surface area contributed by atoms with Crippen molar-refractivity contribution in [1.82, 2.24) is 10.4 Å². The van der Waals surface area contributed by atoms with E-state index in [2.05, 4.69) is 5.32 Å². The lowest BCUT2D eigenvalue weighted by atomic mass is 10.1. The predicted octanol–water partition coefficient (Wildman–Crippen LogP) is 1.68. The van der Waals surface area contributed by atoms with E-state index in [1.807, 2.05) is 0 Å². The highest BCUT2D eigenvalue weighted by Crippen LogP contribution is 2.29. The number of Topliss-reactive ketones (excluding diaryl/α,β-unsaturated/α-hetero) is 1. The molecule has 1 aliphatic rings. The van der Waals surface area contributed by atoms with Gasteiger partial charge >= 0.3 is 6.05 Å². The van der Waals surface area contributed by atoms with Crippen molar-refractivity contribution in [2.45, 2.75) is 12.1 Å². The molecule has 1 N–H and O–H groups in total. The van der Waals surface area contributed by atoms with Gasteiger partial charge in [0.05, 0.1) is 4.88 Å². The van der Waals surface area contributed by atoms with Gasteiger partial charge in [0.2, 0.25) is 0 Å². The van der Waals surface area contributed by atoms with Gasteiger partial charge in [-0.3, -0.25) is 10.1 Å². The van der Waals surface area contributed by atoms with E-state index in [1.165, 1.54) is 6.07 Å². The topological polar surface area (TPSA) is 32.3 Å². The van der Waals surface area contributed by atoms with Crippen LogP contribution in [0.3, 0.4) is 0 Å². The van der Waals surface area contributed by atoms with Crippen LogP contribution in [-0.2, 0) is 0 Å². The quantitative estimate of drug-likeness (QED) is 0.492. The Kier molecular flexibility index (Phi) is 3.00. The van der Waals surface area contributed by atoms with Crippen molar-refractivity contribution in [3.05, 3.63) is 22.4 Å². The molecule has 88 valence electrons. The molecule has 0 aromatic carbocycles. The highest BCUT2D eigenvalue weighted by molar-refractivity contribution is 7.12. The summed E-state index contributed by atoms with van der Waals surface area (Å²) in [4.78, 5) is 11.9. The summed E-state index contributed by atoms with van der Waals surface area (Å²) in [7, 11) is 0. The number of piperazine rings is 1. The van der Waals surface area contributed by atoms with Crippen LogP contribution in [0.4, 0.5) is 13.3 Å². The van der Waals surface area contributed by atoms with Crippen LogP contribution >= 0.6 is 11.3 Å². The second kappa shape index (κ2) is 4.15. The van der Waals surface area contributed by atoms with Gasteiger partial charge in [0.15, 0.2) is 11.8 Å². The van der Waals surface area contributed by atoms with Gasteiger partial charge in [0.25, 0.3) is 0 Å². The Bertz CT molecular complexity index is 382. The van der Waals surface area contributed by atoms with Crippen molar-refractivity contribution < 1.29 is 18.1 Å². The molecule has 0 aliphatic carbocycles. The Morgan fingerprint density at radius 3 is 3.00 bits per heavy atom. The molecular formula is C9H9F3N2OS. The number of nitrogens with zero attached hydrogens (tertiary/aromatic N) is 1. The van der Waals surface area contributed by atoms with Crippen LogP contribution in [0.2, 0.25) is 0 Å². The first kappa shape index (κ1) is 11.6. The third-order valence-corrected chi connectivity index (χ3v) is 3.24. The van der Waals surface area contributed by atoms with E-state index in [9.17, 15) is 18.1 Å². The molecule has 1 fully saturated rings. The second-order valence-electron chi connectivity index (χ2n) is 3.40. The molecule has 1 aromatic heterocycles. The lowest BCUT2D eigenvalue weighted by molar-refractivity contribution is -0.255. The SMILES string of the molecule is O=C(c1cccs1)C1NCCN(F)C1(F)F. The fourth-order valence-electron chi connectivity index (χ4n) is 1.53. The van der Waals surface area contributed by atoms with Gasteiger partial charge in [-0.15, -0.1) is 15.8 Å². The zero-order valence-corrected chi connectivity index (χ0v) is 8.94. The summed E-state index contributed by atoms with van der Waals surface area (Å²) >= 11 is 1.06. The fourth-order valence-corrected chi connectivity index (χ4v) is 2.23. The lowest BCUT2D eigenvalue weighted by Gasteiger charge is -2.34. The standard InChI is InChI=1S/C9H9F3N2OS/c10-9(11)8(13-3-4-14(9)12)7(15)6-2-1-5-16-6/h1-2,5,8,13H,3-4H2. The zero-order valence-electron chi connectivity index (χ0n) is 8.12. The van der Waals surface area contributed by atoms with Crippen LogP contribution in [0.1, 0.15) is 9.67 Å². The van der Waals surface area contributed by atoms with Crippen LogP contribution in [0.15, 0.2) is 17.5 Å². The van der Waals surface area contributed by atoms with Gasteiger partial charge < -0.3 is 0 Å². The number of carbonyl (C=O) groups is 1. The summed E-state index contributed by atoms with van der Waals surface area (Å²) in [5.41, 5.74) is 0. The van der Waals surface area contributed by atoms with Gasteiger partial charge in [-0.25, -0.2) is 0 Å². The molecule has 0 bridgehead atoms. The molecule has 1 atom stereocenters. The van der Waals surface area contributed by atoms with Gasteiger partial charge in [-0.1, -0.05) is 11.2 Å². The number of rotatable bonds is 2. The number of nitrogens with one attached hydrogen (secondary N) is 1. The van der Waals surface area contributed by atoms with Gasteiger partial charge in [-0.05, 0) is 11.4 Å². The Balaban J connectivity index is 2.23. The van der Waals surface area contributed by atoms with Crippen LogP contribution in [0.25, 0.3) is 0 Å². The molecule has 2 heterocycles. The molecular weight excluding hydrogens is 241 g/mol.